The maximum absolute atomic E-state index is 11.2. The van der Waals surface area contributed by atoms with Crippen LogP contribution in [-0.2, 0) is 17.8 Å². The fourth-order valence-corrected chi connectivity index (χ4v) is 3.61. The fraction of sp³-hybridized carbons (Fsp3) is 0.538. The van der Waals surface area contributed by atoms with E-state index in [1.807, 2.05) is 6.20 Å². The summed E-state index contributed by atoms with van der Waals surface area (Å²) >= 11 is 1.58. The van der Waals surface area contributed by atoms with Gasteiger partial charge in [0.1, 0.15) is 5.92 Å². The van der Waals surface area contributed by atoms with Gasteiger partial charge in [0.05, 0.1) is 11.9 Å². The summed E-state index contributed by atoms with van der Waals surface area (Å²) in [4.78, 5) is 16.8. The van der Waals surface area contributed by atoms with Gasteiger partial charge in [-0.2, -0.15) is 0 Å². The van der Waals surface area contributed by atoms with Gasteiger partial charge in [0, 0.05) is 24.2 Å². The number of carbonyl (C=O) groups is 1. The highest BCUT2D eigenvalue weighted by atomic mass is 32.1. The van der Waals surface area contributed by atoms with Gasteiger partial charge in [0.2, 0.25) is 0 Å². The van der Waals surface area contributed by atoms with Crippen molar-refractivity contribution in [2.45, 2.75) is 38.1 Å². The number of anilines is 1. The first-order valence-electron chi connectivity index (χ1n) is 7.04. The van der Waals surface area contributed by atoms with Crippen molar-refractivity contribution in [1.29, 1.82) is 0 Å². The normalized spacial score (nSPS) is 17.4. The Balaban J connectivity index is 1.56. The van der Waals surface area contributed by atoms with Gasteiger partial charge in [-0.1, -0.05) is 5.21 Å². The molecule has 1 aliphatic rings. The largest absolute Gasteiger partial charge is 0.481 e. The summed E-state index contributed by atoms with van der Waals surface area (Å²) in [5, 5.41) is 21.0. The lowest BCUT2D eigenvalue weighted by Crippen LogP contribution is -2.17. The lowest BCUT2D eigenvalue weighted by molar-refractivity contribution is -0.139. The summed E-state index contributed by atoms with van der Waals surface area (Å²) < 4.78 is 1.79. The summed E-state index contributed by atoms with van der Waals surface area (Å²) in [7, 11) is 0. The van der Waals surface area contributed by atoms with Crippen LogP contribution < -0.4 is 5.32 Å². The van der Waals surface area contributed by atoms with Crippen molar-refractivity contribution >= 4 is 22.4 Å². The van der Waals surface area contributed by atoms with Gasteiger partial charge in [0.25, 0.3) is 0 Å². The zero-order valence-electron chi connectivity index (χ0n) is 11.5. The van der Waals surface area contributed by atoms with Gasteiger partial charge in [-0.05, 0) is 25.7 Å². The highest BCUT2D eigenvalue weighted by Gasteiger charge is 2.29. The number of hydrogen-bond donors (Lipinski definition) is 2. The van der Waals surface area contributed by atoms with Gasteiger partial charge in [-0.3, -0.25) is 9.48 Å². The molecular weight excluding hydrogens is 290 g/mol. The Hall–Kier alpha value is -1.96. The van der Waals surface area contributed by atoms with Gasteiger partial charge in [-0.25, -0.2) is 4.98 Å². The molecule has 2 N–H and O–H groups in total. The maximum atomic E-state index is 11.2. The molecule has 1 unspecified atom stereocenters. The highest BCUT2D eigenvalue weighted by molar-refractivity contribution is 7.15. The number of aromatic nitrogens is 4. The SMILES string of the molecule is O=C(O)C1CCCc2sc(NCCCn3ccnn3)nc21. The van der Waals surface area contributed by atoms with E-state index in [4.69, 9.17) is 0 Å². The summed E-state index contributed by atoms with van der Waals surface area (Å²) in [6.45, 7) is 1.58. The van der Waals surface area contributed by atoms with E-state index in [9.17, 15) is 9.90 Å². The molecule has 21 heavy (non-hydrogen) atoms. The van der Waals surface area contributed by atoms with Crippen molar-refractivity contribution < 1.29 is 9.90 Å². The molecule has 0 fully saturated rings. The van der Waals surface area contributed by atoms with Gasteiger partial charge >= 0.3 is 5.97 Å². The lowest BCUT2D eigenvalue weighted by atomic mass is 9.91. The van der Waals surface area contributed by atoms with E-state index in [2.05, 4.69) is 20.6 Å². The minimum atomic E-state index is -0.765. The Morgan fingerprint density at radius 3 is 3.24 bits per heavy atom. The minimum absolute atomic E-state index is 0.435. The summed E-state index contributed by atoms with van der Waals surface area (Å²) in [6, 6.07) is 0. The third kappa shape index (κ3) is 3.21. The number of thiazole rings is 1. The summed E-state index contributed by atoms with van der Waals surface area (Å²) in [5.41, 5.74) is 0.762. The van der Waals surface area contributed by atoms with Crippen molar-refractivity contribution in [1.82, 2.24) is 20.0 Å². The van der Waals surface area contributed by atoms with Crippen LogP contribution >= 0.6 is 11.3 Å². The maximum Gasteiger partial charge on any atom is 0.312 e. The zero-order chi connectivity index (χ0) is 14.7. The van der Waals surface area contributed by atoms with Crippen LogP contribution in [0.2, 0.25) is 0 Å². The lowest BCUT2D eigenvalue weighted by Gasteiger charge is -2.16. The third-order valence-corrected chi connectivity index (χ3v) is 4.65. The number of carboxylic acid groups (broad SMARTS) is 1. The molecule has 1 atom stereocenters. The van der Waals surface area contributed by atoms with Crippen molar-refractivity contribution in [3.05, 3.63) is 23.0 Å². The molecule has 0 saturated carbocycles. The second-order valence-electron chi connectivity index (χ2n) is 5.06. The van der Waals surface area contributed by atoms with Crippen molar-refractivity contribution in [3.8, 4) is 0 Å². The number of nitrogens with one attached hydrogen (secondary N) is 1. The monoisotopic (exact) mass is 307 g/mol. The Morgan fingerprint density at radius 2 is 2.48 bits per heavy atom. The van der Waals surface area contributed by atoms with E-state index in [1.54, 1.807) is 22.2 Å². The Morgan fingerprint density at radius 1 is 1.57 bits per heavy atom. The molecule has 2 heterocycles. The van der Waals surface area contributed by atoms with Crippen LogP contribution in [-0.4, -0.2) is 37.6 Å². The zero-order valence-corrected chi connectivity index (χ0v) is 12.3. The quantitative estimate of drug-likeness (QED) is 0.790. The highest BCUT2D eigenvalue weighted by Crippen LogP contribution is 2.36. The first-order valence-corrected chi connectivity index (χ1v) is 7.86. The number of rotatable bonds is 6. The van der Waals surface area contributed by atoms with Crippen LogP contribution in [0.3, 0.4) is 0 Å². The molecule has 0 aliphatic heterocycles. The Bertz CT molecular complexity index is 610. The fourth-order valence-electron chi connectivity index (χ4n) is 2.52. The van der Waals surface area contributed by atoms with Crippen molar-refractivity contribution in [2.75, 3.05) is 11.9 Å². The predicted octanol–water partition coefficient (Wildman–Crippen LogP) is 1.74. The van der Waals surface area contributed by atoms with Crippen LogP contribution in [0.4, 0.5) is 5.13 Å². The third-order valence-electron chi connectivity index (χ3n) is 3.56. The first-order chi connectivity index (χ1) is 10.2. The molecule has 3 rings (SSSR count). The number of hydrogen-bond acceptors (Lipinski definition) is 6. The van der Waals surface area contributed by atoms with E-state index < -0.39 is 11.9 Å². The number of aliphatic carboxylic acids is 1. The summed E-state index contributed by atoms with van der Waals surface area (Å²) in [5.74, 6) is -1.20. The molecule has 8 heteroatoms. The minimum Gasteiger partial charge on any atom is -0.481 e. The molecule has 0 radical (unpaired) electrons. The average molecular weight is 307 g/mol. The van der Waals surface area contributed by atoms with Crippen molar-refractivity contribution in [3.63, 3.8) is 0 Å². The van der Waals surface area contributed by atoms with E-state index in [1.165, 1.54) is 0 Å². The molecule has 2 aromatic rings. The molecule has 1 aliphatic carbocycles. The van der Waals surface area contributed by atoms with Gasteiger partial charge in [-0.15, -0.1) is 16.4 Å². The molecular formula is C13H17N5O2S. The van der Waals surface area contributed by atoms with Crippen molar-refractivity contribution in [2.24, 2.45) is 0 Å². The van der Waals surface area contributed by atoms with Crippen LogP contribution in [0.1, 0.15) is 35.8 Å². The average Bonchev–Trinajstić information content (AvgIpc) is 3.11. The topological polar surface area (TPSA) is 92.9 Å². The molecule has 112 valence electrons. The predicted molar refractivity (Wildman–Crippen MR) is 78.6 cm³/mol. The molecule has 7 nitrogen and oxygen atoms in total. The van der Waals surface area contributed by atoms with Crippen LogP contribution in [0.5, 0.6) is 0 Å². The molecule has 0 spiro atoms. The van der Waals surface area contributed by atoms with Crippen LogP contribution in [0, 0.1) is 0 Å². The molecule has 2 aromatic heterocycles. The number of aryl methyl sites for hydroxylation is 2. The first kappa shape index (κ1) is 14.0. The second-order valence-corrected chi connectivity index (χ2v) is 6.14. The standard InChI is InChI=1S/C13H17N5O2S/c19-12(20)9-3-1-4-10-11(9)16-13(21-10)14-5-2-7-18-8-6-15-17-18/h6,8-9H,1-5,7H2,(H,14,16)(H,19,20). The Kier molecular flexibility index (Phi) is 4.14. The van der Waals surface area contributed by atoms with E-state index in [-0.39, 0.29) is 0 Å². The van der Waals surface area contributed by atoms with Crippen LogP contribution in [0.15, 0.2) is 12.4 Å². The molecule has 0 aromatic carbocycles. The second kappa shape index (κ2) is 6.21. The molecule has 0 saturated heterocycles. The summed E-state index contributed by atoms with van der Waals surface area (Å²) in [6.07, 6.45) is 6.97. The smallest absolute Gasteiger partial charge is 0.312 e. The molecule has 0 bridgehead atoms. The Labute approximate surface area is 126 Å². The van der Waals surface area contributed by atoms with E-state index in [0.29, 0.717) is 6.42 Å². The number of nitrogens with zero attached hydrogens (tertiary/aromatic N) is 4. The van der Waals surface area contributed by atoms with Gasteiger partial charge in [0.15, 0.2) is 5.13 Å². The van der Waals surface area contributed by atoms with E-state index in [0.717, 1.165) is 48.1 Å². The molecule has 0 amide bonds. The van der Waals surface area contributed by atoms with E-state index >= 15 is 0 Å². The number of carboxylic acids is 1. The van der Waals surface area contributed by atoms with Gasteiger partial charge < -0.3 is 10.4 Å². The number of fused-ring (bicyclic) bond motifs is 1. The van der Waals surface area contributed by atoms with Crippen LogP contribution in [0.25, 0.3) is 0 Å².